The molecule has 0 saturated heterocycles. The average Bonchev–Trinajstić information content (AvgIpc) is 2.47. The Kier molecular flexibility index (Phi) is 2.69. The maximum Gasteiger partial charge on any atom is 0.233 e. The number of para-hydroxylation sites is 1. The second-order valence-electron chi connectivity index (χ2n) is 4.10. The Morgan fingerprint density at radius 3 is 2.56 bits per heavy atom. The van der Waals surface area contributed by atoms with Crippen molar-refractivity contribution < 1.29 is 9.53 Å². The van der Waals surface area contributed by atoms with Gasteiger partial charge in [0.25, 0.3) is 0 Å². The fourth-order valence-corrected chi connectivity index (χ4v) is 2.13. The second-order valence-corrected chi connectivity index (χ2v) is 4.10. The molecule has 2 heteroatoms. The molecule has 1 aliphatic heterocycles. The van der Waals surface area contributed by atoms with E-state index in [0.717, 1.165) is 22.4 Å². The minimum atomic E-state index is 0.569. The van der Waals surface area contributed by atoms with Crippen LogP contribution in [0.4, 0.5) is 0 Å². The van der Waals surface area contributed by atoms with Crippen molar-refractivity contribution in [3.05, 3.63) is 71.3 Å². The molecule has 0 spiro atoms. The van der Waals surface area contributed by atoms with Gasteiger partial charge in [0.2, 0.25) is 6.29 Å². The van der Waals surface area contributed by atoms with Gasteiger partial charge in [0, 0.05) is 11.1 Å². The summed E-state index contributed by atoms with van der Waals surface area (Å²) in [6.07, 6.45) is 3.94. The molecular weight excluding hydrogens is 224 g/mol. The maximum atomic E-state index is 10.5. The molecule has 1 heterocycles. The Balaban J connectivity index is 2.06. The van der Waals surface area contributed by atoms with Gasteiger partial charge < -0.3 is 4.74 Å². The van der Waals surface area contributed by atoms with Crippen molar-refractivity contribution in [1.29, 1.82) is 0 Å². The number of ether oxygens (including phenoxy) is 1. The van der Waals surface area contributed by atoms with Crippen molar-refractivity contribution in [2.75, 3.05) is 6.61 Å². The molecule has 0 aliphatic carbocycles. The van der Waals surface area contributed by atoms with Crippen LogP contribution in [0.5, 0.6) is 5.75 Å². The van der Waals surface area contributed by atoms with Gasteiger partial charge in [-0.05, 0) is 23.3 Å². The van der Waals surface area contributed by atoms with Crippen LogP contribution in [0.25, 0.3) is 5.57 Å². The third-order valence-electron chi connectivity index (χ3n) is 3.02. The third kappa shape index (κ3) is 1.82. The van der Waals surface area contributed by atoms with Crippen molar-refractivity contribution in [3.8, 4) is 5.75 Å². The summed E-state index contributed by atoms with van der Waals surface area (Å²) in [5.41, 5.74) is 3.89. The van der Waals surface area contributed by atoms with Gasteiger partial charge >= 0.3 is 0 Å². The Hall–Kier alpha value is -2.35. The summed E-state index contributed by atoms with van der Waals surface area (Å²) >= 11 is 0. The lowest BCUT2D eigenvalue weighted by atomic mass is 9.95. The monoisotopic (exact) mass is 235 g/mol. The maximum absolute atomic E-state index is 10.5. The summed E-state index contributed by atoms with van der Waals surface area (Å²) in [6, 6.07) is 15.4. The first-order valence-electron chi connectivity index (χ1n) is 5.79. The summed E-state index contributed by atoms with van der Waals surface area (Å²) in [5.74, 6) is 0.904. The van der Waals surface area contributed by atoms with E-state index in [1.54, 1.807) is 12.1 Å². The van der Waals surface area contributed by atoms with E-state index < -0.39 is 0 Å². The van der Waals surface area contributed by atoms with E-state index in [2.05, 4.69) is 6.08 Å². The van der Waals surface area contributed by atoms with E-state index in [4.69, 9.17) is 4.74 Å². The molecule has 2 aromatic rings. The highest BCUT2D eigenvalue weighted by atomic mass is 16.5. The number of carbonyl (C=O) groups excluding carboxylic acids is 1. The fraction of sp³-hybridized carbons (Fsp3) is 0.0625. The summed E-state index contributed by atoms with van der Waals surface area (Å²) < 4.78 is 5.58. The van der Waals surface area contributed by atoms with Gasteiger partial charge in [0.05, 0.1) is 0 Å². The SMILES string of the molecule is O=[C]c1ccc(C2=CCOc3ccccc32)cc1. The largest absolute Gasteiger partial charge is 0.489 e. The smallest absolute Gasteiger partial charge is 0.233 e. The molecule has 1 aliphatic rings. The van der Waals surface area contributed by atoms with E-state index in [0.29, 0.717) is 12.2 Å². The molecular formula is C16H11O2. The Morgan fingerprint density at radius 2 is 1.78 bits per heavy atom. The highest BCUT2D eigenvalue weighted by Crippen LogP contribution is 2.33. The van der Waals surface area contributed by atoms with Crippen LogP contribution in [0.15, 0.2) is 54.6 Å². The zero-order valence-electron chi connectivity index (χ0n) is 9.72. The molecule has 0 fully saturated rings. The van der Waals surface area contributed by atoms with Crippen molar-refractivity contribution in [2.45, 2.75) is 0 Å². The summed E-state index contributed by atoms with van der Waals surface area (Å²) in [6.45, 7) is 0.577. The van der Waals surface area contributed by atoms with Crippen LogP contribution >= 0.6 is 0 Å². The molecule has 18 heavy (non-hydrogen) atoms. The van der Waals surface area contributed by atoms with Gasteiger partial charge in [-0.2, -0.15) is 0 Å². The lowest BCUT2D eigenvalue weighted by Gasteiger charge is -2.18. The Labute approximate surface area is 106 Å². The van der Waals surface area contributed by atoms with Crippen molar-refractivity contribution >= 4 is 11.9 Å². The molecule has 2 nitrogen and oxygen atoms in total. The van der Waals surface area contributed by atoms with Crippen molar-refractivity contribution in [2.24, 2.45) is 0 Å². The van der Waals surface area contributed by atoms with Gasteiger partial charge in [-0.25, -0.2) is 0 Å². The van der Waals surface area contributed by atoms with E-state index in [9.17, 15) is 4.79 Å². The van der Waals surface area contributed by atoms with Crippen LogP contribution < -0.4 is 4.74 Å². The van der Waals surface area contributed by atoms with Gasteiger partial charge in [-0.15, -0.1) is 0 Å². The summed E-state index contributed by atoms with van der Waals surface area (Å²) in [4.78, 5) is 10.5. The molecule has 0 aromatic heterocycles. The molecule has 0 amide bonds. The molecule has 0 bridgehead atoms. The lowest BCUT2D eigenvalue weighted by Crippen LogP contribution is -2.05. The lowest BCUT2D eigenvalue weighted by molar-refractivity contribution is 0.357. The molecule has 1 radical (unpaired) electrons. The van der Waals surface area contributed by atoms with E-state index in [1.165, 1.54) is 0 Å². The Morgan fingerprint density at radius 1 is 1.00 bits per heavy atom. The number of rotatable bonds is 2. The van der Waals surface area contributed by atoms with Crippen LogP contribution in [-0.2, 0) is 4.79 Å². The standard InChI is InChI=1S/C16H11O2/c17-11-12-5-7-13(8-6-12)14-9-10-18-16-4-2-1-3-15(14)16/h1-9H,10H2. The summed E-state index contributed by atoms with van der Waals surface area (Å²) in [7, 11) is 0. The first-order valence-corrected chi connectivity index (χ1v) is 5.79. The van der Waals surface area contributed by atoms with E-state index in [1.807, 2.05) is 42.7 Å². The highest BCUT2D eigenvalue weighted by Gasteiger charge is 2.14. The summed E-state index contributed by atoms with van der Waals surface area (Å²) in [5, 5.41) is 0. The average molecular weight is 235 g/mol. The fourth-order valence-electron chi connectivity index (χ4n) is 2.13. The van der Waals surface area contributed by atoms with Crippen molar-refractivity contribution in [3.63, 3.8) is 0 Å². The number of benzene rings is 2. The van der Waals surface area contributed by atoms with Crippen molar-refractivity contribution in [1.82, 2.24) is 0 Å². The van der Waals surface area contributed by atoms with E-state index >= 15 is 0 Å². The molecule has 0 unspecified atom stereocenters. The normalized spacial score (nSPS) is 13.2. The Bertz CT molecular complexity index is 609. The molecule has 3 rings (SSSR count). The minimum absolute atomic E-state index is 0.569. The first-order chi connectivity index (χ1) is 8.88. The zero-order chi connectivity index (χ0) is 12.4. The van der Waals surface area contributed by atoms with Crippen LogP contribution in [0.1, 0.15) is 16.7 Å². The van der Waals surface area contributed by atoms with Gasteiger partial charge in [0.15, 0.2) is 0 Å². The quantitative estimate of drug-likeness (QED) is 0.800. The topological polar surface area (TPSA) is 26.3 Å². The van der Waals surface area contributed by atoms with Gasteiger partial charge in [-0.3, -0.25) is 4.79 Å². The number of hydrogen-bond donors (Lipinski definition) is 0. The van der Waals surface area contributed by atoms with Gasteiger partial charge in [0.1, 0.15) is 12.4 Å². The van der Waals surface area contributed by atoms with Crippen LogP contribution in [-0.4, -0.2) is 12.9 Å². The van der Waals surface area contributed by atoms with Crippen LogP contribution in [0.2, 0.25) is 0 Å². The minimum Gasteiger partial charge on any atom is -0.489 e. The third-order valence-corrected chi connectivity index (χ3v) is 3.02. The predicted molar refractivity (Wildman–Crippen MR) is 70.3 cm³/mol. The molecule has 87 valence electrons. The number of hydrogen-bond acceptors (Lipinski definition) is 2. The molecule has 2 aromatic carbocycles. The number of fused-ring (bicyclic) bond motifs is 1. The van der Waals surface area contributed by atoms with Gasteiger partial charge in [-0.1, -0.05) is 42.5 Å². The first kappa shape index (κ1) is 10.8. The second kappa shape index (κ2) is 4.49. The molecule has 0 N–H and O–H groups in total. The molecule has 0 atom stereocenters. The van der Waals surface area contributed by atoms with Crippen LogP contribution in [0, 0.1) is 0 Å². The van der Waals surface area contributed by atoms with Crippen LogP contribution in [0.3, 0.4) is 0 Å². The highest BCUT2D eigenvalue weighted by molar-refractivity contribution is 5.85. The molecule has 0 saturated carbocycles. The predicted octanol–water partition coefficient (Wildman–Crippen LogP) is 2.97. The van der Waals surface area contributed by atoms with E-state index in [-0.39, 0.29) is 0 Å². The zero-order valence-corrected chi connectivity index (χ0v) is 9.72.